The normalized spacial score (nSPS) is 8.46. The van der Waals surface area contributed by atoms with Gasteiger partial charge < -0.3 is 4.74 Å². The second-order valence-electron chi connectivity index (χ2n) is 6.58. The van der Waals surface area contributed by atoms with Gasteiger partial charge >= 0.3 is 0 Å². The van der Waals surface area contributed by atoms with Crippen LogP contribution < -0.4 is 4.74 Å². The van der Waals surface area contributed by atoms with E-state index in [-0.39, 0.29) is 5.69 Å². The molecule has 3 rings (SSSR count). The Morgan fingerprint density at radius 1 is 0.610 bits per heavy atom. The first-order chi connectivity index (χ1) is 19.9. The third-order valence-electron chi connectivity index (χ3n) is 4.12. The molecule has 0 N–H and O–H groups in total. The summed E-state index contributed by atoms with van der Waals surface area (Å²) in [6.45, 7) is 2.27. The van der Waals surface area contributed by atoms with E-state index in [0.29, 0.717) is 50.3 Å². The van der Waals surface area contributed by atoms with Crippen LogP contribution in [0.5, 0.6) is 5.75 Å². The van der Waals surface area contributed by atoms with Gasteiger partial charge in [-0.1, -0.05) is 11.6 Å². The first kappa shape index (κ1) is 33.5. The van der Waals surface area contributed by atoms with Crippen molar-refractivity contribution < 1.29 is 33.5 Å². The van der Waals surface area contributed by atoms with E-state index in [2.05, 4.69) is 45.9 Å². The SMILES string of the molecule is CCOc1ccc(N=C=O)cc1N=C=O.O=C=Nc1ccc(Br)c(N=C=O)c1.O=C=Nc1ccc(Cl)c(N=C=O)c1. The third kappa shape index (κ3) is 12.3. The molecule has 0 fully saturated rings. The van der Waals surface area contributed by atoms with Gasteiger partial charge in [-0.2, -0.15) is 30.0 Å². The average molecular weight is 638 g/mol. The number of hydrogen-bond acceptors (Lipinski definition) is 13. The molecule has 0 heterocycles. The molecule has 13 nitrogen and oxygen atoms in total. The molecule has 3 aromatic rings. The lowest BCUT2D eigenvalue weighted by Crippen LogP contribution is -1.91. The van der Waals surface area contributed by atoms with Gasteiger partial charge in [0, 0.05) is 4.47 Å². The highest BCUT2D eigenvalue weighted by molar-refractivity contribution is 9.10. The molecule has 3 aromatic carbocycles. The fourth-order valence-electron chi connectivity index (χ4n) is 2.56. The van der Waals surface area contributed by atoms with Gasteiger partial charge in [0.05, 0.1) is 40.1 Å². The fraction of sp³-hybridized carbons (Fsp3) is 0.0769. The van der Waals surface area contributed by atoms with Crippen LogP contribution >= 0.6 is 27.5 Å². The number of benzene rings is 3. The van der Waals surface area contributed by atoms with Crippen LogP contribution in [0.4, 0.5) is 34.1 Å². The van der Waals surface area contributed by atoms with Crippen LogP contribution in [0.25, 0.3) is 0 Å². The number of nitrogens with zero attached hydrogens (tertiary/aromatic N) is 6. The number of hydrogen-bond donors (Lipinski definition) is 0. The van der Waals surface area contributed by atoms with Crippen LogP contribution in [0, 0.1) is 0 Å². The second-order valence-corrected chi connectivity index (χ2v) is 7.84. The van der Waals surface area contributed by atoms with Crippen LogP contribution in [0.3, 0.4) is 0 Å². The smallest absolute Gasteiger partial charge is 0.240 e. The number of ether oxygens (including phenoxy) is 1. The largest absolute Gasteiger partial charge is 0.492 e. The second kappa shape index (κ2) is 19.6. The van der Waals surface area contributed by atoms with E-state index in [0.717, 1.165) is 0 Å². The highest BCUT2D eigenvalue weighted by Crippen LogP contribution is 2.32. The van der Waals surface area contributed by atoms with Crippen LogP contribution in [0.2, 0.25) is 5.02 Å². The zero-order chi connectivity index (χ0) is 30.5. The van der Waals surface area contributed by atoms with Gasteiger partial charge in [-0.15, -0.1) is 0 Å². The van der Waals surface area contributed by atoms with Gasteiger partial charge in [0.15, 0.2) is 0 Å². The van der Waals surface area contributed by atoms with Crippen molar-refractivity contribution in [3.8, 4) is 5.75 Å². The first-order valence-electron chi connectivity index (χ1n) is 10.7. The van der Waals surface area contributed by atoms with Crippen LogP contribution in [0.1, 0.15) is 6.92 Å². The number of isocyanates is 6. The van der Waals surface area contributed by atoms with Crippen molar-refractivity contribution in [3.05, 3.63) is 64.1 Å². The molecule has 0 aliphatic carbocycles. The molecule has 0 aromatic heterocycles. The van der Waals surface area contributed by atoms with Crippen molar-refractivity contribution in [1.29, 1.82) is 0 Å². The number of aliphatic imine (C=N–C) groups is 6. The molecule has 0 saturated carbocycles. The van der Waals surface area contributed by atoms with Gasteiger partial charge in [-0.25, -0.2) is 28.8 Å². The summed E-state index contributed by atoms with van der Waals surface area (Å²) in [6.07, 6.45) is 8.31. The molecule has 0 saturated heterocycles. The molecule has 0 aliphatic rings. The van der Waals surface area contributed by atoms with Crippen LogP contribution in [-0.2, 0) is 28.8 Å². The lowest BCUT2D eigenvalue weighted by Gasteiger charge is -2.05. The topological polar surface area (TPSA) is 186 Å². The molecule has 0 radical (unpaired) electrons. The molecule has 0 bridgehead atoms. The Hall–Kier alpha value is -5.49. The Labute approximate surface area is 244 Å². The Morgan fingerprint density at radius 3 is 1.54 bits per heavy atom. The molecular formula is C26H14BrClN6O7. The molecule has 0 unspecified atom stereocenters. The highest BCUT2D eigenvalue weighted by Gasteiger charge is 2.03. The molecule has 15 heteroatoms. The number of carbonyl (C=O) groups excluding carboxylic acids is 6. The maximum atomic E-state index is 10.1. The zero-order valence-electron chi connectivity index (χ0n) is 20.7. The lowest BCUT2D eigenvalue weighted by atomic mass is 10.2. The Bertz CT molecular complexity index is 1600. The molecule has 0 aliphatic heterocycles. The van der Waals surface area contributed by atoms with E-state index in [1.165, 1.54) is 66.8 Å². The van der Waals surface area contributed by atoms with E-state index in [9.17, 15) is 28.8 Å². The van der Waals surface area contributed by atoms with Gasteiger partial charge in [0.25, 0.3) is 0 Å². The van der Waals surface area contributed by atoms with Crippen molar-refractivity contribution in [2.45, 2.75) is 6.92 Å². The summed E-state index contributed by atoms with van der Waals surface area (Å²) in [5, 5.41) is 0.299. The first-order valence-corrected chi connectivity index (χ1v) is 11.9. The minimum atomic E-state index is 0.230. The van der Waals surface area contributed by atoms with Crippen molar-refractivity contribution in [2.75, 3.05) is 6.61 Å². The van der Waals surface area contributed by atoms with Crippen LogP contribution in [0.15, 0.2) is 89.0 Å². The van der Waals surface area contributed by atoms with Crippen molar-refractivity contribution in [3.63, 3.8) is 0 Å². The Balaban J connectivity index is 0.000000309. The molecule has 41 heavy (non-hydrogen) atoms. The number of rotatable bonds is 8. The predicted octanol–water partition coefficient (Wildman–Crippen LogP) is 6.68. The van der Waals surface area contributed by atoms with Crippen LogP contribution in [-0.4, -0.2) is 43.1 Å². The predicted molar refractivity (Wildman–Crippen MR) is 150 cm³/mol. The maximum absolute atomic E-state index is 10.1. The van der Waals surface area contributed by atoms with Gasteiger partial charge in [0.2, 0.25) is 36.5 Å². The molecule has 0 amide bonds. The summed E-state index contributed by atoms with van der Waals surface area (Å²) in [5.41, 5.74) is 2.01. The Morgan fingerprint density at radius 2 is 1.02 bits per heavy atom. The van der Waals surface area contributed by atoms with E-state index < -0.39 is 0 Å². The monoisotopic (exact) mass is 636 g/mol. The molecule has 0 spiro atoms. The van der Waals surface area contributed by atoms with Crippen molar-refractivity contribution in [1.82, 2.24) is 0 Å². The third-order valence-corrected chi connectivity index (χ3v) is 5.11. The summed E-state index contributed by atoms with van der Waals surface area (Å²) in [6, 6.07) is 13.7. The summed E-state index contributed by atoms with van der Waals surface area (Å²) in [5.74, 6) is 0.450. The molecule has 0 atom stereocenters. The minimum Gasteiger partial charge on any atom is -0.492 e. The van der Waals surface area contributed by atoms with Crippen molar-refractivity contribution in [2.24, 2.45) is 30.0 Å². The van der Waals surface area contributed by atoms with E-state index >= 15 is 0 Å². The quantitative estimate of drug-likeness (QED) is 0.195. The summed E-state index contributed by atoms with van der Waals surface area (Å²) >= 11 is 8.83. The minimum absolute atomic E-state index is 0.230. The van der Waals surface area contributed by atoms with Crippen molar-refractivity contribution >= 4 is 98.1 Å². The summed E-state index contributed by atoms with van der Waals surface area (Å²) in [4.78, 5) is 80.2. The number of halogens is 2. The van der Waals surface area contributed by atoms with Gasteiger partial charge in [0.1, 0.15) is 11.4 Å². The summed E-state index contributed by atoms with van der Waals surface area (Å²) in [7, 11) is 0. The van der Waals surface area contributed by atoms with Gasteiger partial charge in [-0.05, 0) is 77.5 Å². The van der Waals surface area contributed by atoms with E-state index in [1.54, 1.807) is 24.3 Å². The maximum Gasteiger partial charge on any atom is 0.240 e. The molecular weight excluding hydrogens is 624 g/mol. The molecule has 204 valence electrons. The lowest BCUT2D eigenvalue weighted by molar-refractivity contribution is 0.341. The van der Waals surface area contributed by atoms with E-state index in [1.807, 2.05) is 6.92 Å². The van der Waals surface area contributed by atoms with E-state index in [4.69, 9.17) is 16.3 Å². The fourth-order valence-corrected chi connectivity index (χ4v) is 3.05. The van der Waals surface area contributed by atoms with Gasteiger partial charge in [-0.3, -0.25) is 0 Å². The average Bonchev–Trinajstić information content (AvgIpc) is 2.96. The highest BCUT2D eigenvalue weighted by atomic mass is 79.9. The standard InChI is InChI=1S/C10H8N2O3.C8H3BrN2O2.C8H3ClN2O2/c1-2-15-10-4-3-8(11-6-13)5-9(10)12-7-14;2*9-7-2-1-6(10-4-12)3-8(7)11-5-13/h3-5H,2H2,1H3;2*1-3H. The summed E-state index contributed by atoms with van der Waals surface area (Å²) < 4.78 is 5.85. The Kier molecular flexibility index (Phi) is 16.0. The zero-order valence-corrected chi connectivity index (χ0v) is 23.0.